The van der Waals surface area contributed by atoms with Crippen molar-refractivity contribution < 1.29 is 19.4 Å². The molecular weight excluding hydrogens is 462 g/mol. The fourth-order valence-corrected chi connectivity index (χ4v) is 5.11. The molecule has 1 atom stereocenters. The van der Waals surface area contributed by atoms with E-state index in [1.165, 1.54) is 5.56 Å². The molecule has 5 nitrogen and oxygen atoms in total. The van der Waals surface area contributed by atoms with E-state index in [9.17, 15) is 14.7 Å². The van der Waals surface area contributed by atoms with Crippen LogP contribution in [-0.4, -0.2) is 29.1 Å². The van der Waals surface area contributed by atoms with Crippen LogP contribution < -0.4 is 5.32 Å². The van der Waals surface area contributed by atoms with Crippen LogP contribution in [0.5, 0.6) is 0 Å². The molecule has 2 N–H and O–H groups in total. The third-order valence-electron chi connectivity index (χ3n) is 7.21. The Morgan fingerprint density at radius 3 is 2.24 bits per heavy atom. The van der Waals surface area contributed by atoms with E-state index >= 15 is 0 Å². The number of rotatable bonds is 8. The van der Waals surface area contributed by atoms with Crippen molar-refractivity contribution in [1.29, 1.82) is 0 Å². The Balaban J connectivity index is 1.56. The molecule has 37 heavy (non-hydrogen) atoms. The minimum atomic E-state index is -1.20. The molecule has 194 valence electrons. The number of hydrogen-bond acceptors (Lipinski definition) is 4. The van der Waals surface area contributed by atoms with Gasteiger partial charge in [-0.1, -0.05) is 95.3 Å². The second-order valence-corrected chi connectivity index (χ2v) is 11.9. The Labute approximate surface area is 219 Å². The van der Waals surface area contributed by atoms with E-state index in [4.69, 9.17) is 4.74 Å². The van der Waals surface area contributed by atoms with Gasteiger partial charge in [-0.2, -0.15) is 0 Å². The van der Waals surface area contributed by atoms with Gasteiger partial charge in [0.1, 0.15) is 6.61 Å². The lowest BCUT2D eigenvalue weighted by atomic mass is 9.73. The van der Waals surface area contributed by atoms with E-state index in [1.807, 2.05) is 18.2 Å². The van der Waals surface area contributed by atoms with Gasteiger partial charge < -0.3 is 15.2 Å². The van der Waals surface area contributed by atoms with Gasteiger partial charge in [0.25, 0.3) is 5.91 Å². The molecule has 0 aliphatic carbocycles. The fraction of sp³-hybridized carbons (Fsp3) is 0.375. The summed E-state index contributed by atoms with van der Waals surface area (Å²) in [5.41, 5.74) is 3.45. The number of carbonyl (C=O) groups is 2. The van der Waals surface area contributed by atoms with Crippen molar-refractivity contribution in [1.82, 2.24) is 5.32 Å². The second-order valence-electron chi connectivity index (χ2n) is 11.9. The number of hydrogen-bond donors (Lipinski definition) is 2. The molecule has 3 aromatic rings. The maximum absolute atomic E-state index is 13.1. The quantitative estimate of drug-likeness (QED) is 0.389. The normalized spacial score (nSPS) is 15.0. The number of fused-ring (bicyclic) bond motifs is 1. The minimum absolute atomic E-state index is 0.0421. The van der Waals surface area contributed by atoms with Gasteiger partial charge in [0.15, 0.2) is 0 Å². The number of esters is 1. The monoisotopic (exact) mass is 499 g/mol. The lowest BCUT2D eigenvalue weighted by Gasteiger charge is -2.37. The highest BCUT2D eigenvalue weighted by Gasteiger charge is 2.36. The number of carbonyl (C=O) groups excluding carboxylic acids is 2. The lowest BCUT2D eigenvalue weighted by molar-refractivity contribution is 0.0136. The van der Waals surface area contributed by atoms with Crippen molar-refractivity contribution in [2.45, 2.75) is 70.5 Å². The number of ether oxygens (including phenoxy) is 1. The number of cyclic esters (lactones) is 1. The van der Waals surface area contributed by atoms with Gasteiger partial charge in [0, 0.05) is 24.1 Å². The van der Waals surface area contributed by atoms with Gasteiger partial charge in [0.2, 0.25) is 0 Å². The number of benzene rings is 3. The maximum atomic E-state index is 13.1. The van der Waals surface area contributed by atoms with E-state index in [1.54, 1.807) is 18.2 Å². The fourth-order valence-electron chi connectivity index (χ4n) is 5.11. The van der Waals surface area contributed by atoms with Crippen LogP contribution in [0.2, 0.25) is 0 Å². The average molecular weight is 500 g/mol. The summed E-state index contributed by atoms with van der Waals surface area (Å²) < 4.78 is 5.05. The Morgan fingerprint density at radius 1 is 0.919 bits per heavy atom. The summed E-state index contributed by atoms with van der Waals surface area (Å²) in [4.78, 5) is 25.0. The Kier molecular flexibility index (Phi) is 7.29. The summed E-state index contributed by atoms with van der Waals surface area (Å²) in [6.45, 7) is 11.1. The molecule has 1 heterocycles. The highest BCUT2D eigenvalue weighted by molar-refractivity contribution is 5.99. The van der Waals surface area contributed by atoms with Crippen LogP contribution in [-0.2, 0) is 28.6 Å². The second kappa shape index (κ2) is 10.1. The zero-order valence-electron chi connectivity index (χ0n) is 22.4. The smallest absolute Gasteiger partial charge is 0.338 e. The summed E-state index contributed by atoms with van der Waals surface area (Å²) in [5.74, 6) is -0.744. The molecule has 0 aromatic heterocycles. The predicted molar refractivity (Wildman–Crippen MR) is 146 cm³/mol. The van der Waals surface area contributed by atoms with Gasteiger partial charge in [-0.3, -0.25) is 4.79 Å². The van der Waals surface area contributed by atoms with Gasteiger partial charge in [-0.15, -0.1) is 0 Å². The molecule has 0 fully saturated rings. The Morgan fingerprint density at radius 2 is 1.59 bits per heavy atom. The molecule has 0 bridgehead atoms. The van der Waals surface area contributed by atoms with E-state index in [-0.39, 0.29) is 29.9 Å². The first-order chi connectivity index (χ1) is 17.4. The van der Waals surface area contributed by atoms with Crippen LogP contribution in [0.15, 0.2) is 72.8 Å². The minimum Gasteiger partial charge on any atom is -0.457 e. The topological polar surface area (TPSA) is 75.6 Å². The molecular formula is C32H37NO4. The maximum Gasteiger partial charge on any atom is 0.338 e. The van der Waals surface area contributed by atoms with Gasteiger partial charge in [-0.05, 0) is 46.1 Å². The third kappa shape index (κ3) is 6.28. The van der Waals surface area contributed by atoms with Crippen molar-refractivity contribution in [2.24, 2.45) is 0 Å². The van der Waals surface area contributed by atoms with Crippen LogP contribution in [0, 0.1) is 0 Å². The molecule has 0 saturated carbocycles. The molecule has 0 unspecified atom stereocenters. The highest BCUT2D eigenvalue weighted by Crippen LogP contribution is 2.34. The average Bonchev–Trinajstić information content (AvgIpc) is 3.22. The van der Waals surface area contributed by atoms with Crippen molar-refractivity contribution in [3.05, 3.63) is 106 Å². The van der Waals surface area contributed by atoms with Gasteiger partial charge >= 0.3 is 5.97 Å². The summed E-state index contributed by atoms with van der Waals surface area (Å²) in [6.07, 6.45) is 0.840. The lowest BCUT2D eigenvalue weighted by Crippen LogP contribution is -2.48. The first-order valence-corrected chi connectivity index (χ1v) is 12.8. The first-order valence-electron chi connectivity index (χ1n) is 12.8. The molecule has 0 spiro atoms. The van der Waals surface area contributed by atoms with Gasteiger partial charge in [-0.25, -0.2) is 4.79 Å². The zero-order chi connectivity index (χ0) is 26.8. The molecule has 3 aromatic carbocycles. The standard InChI is InChI=1S/C32H37NO4/c1-30(2,3)25-15-11-22(12-16-25)18-32(36,20-31(4,5)26-9-7-6-8-10-26)21-33-28(34)23-13-14-24-19-37-29(35)27(24)17-23/h6-17,36H,18-21H2,1-5H3,(H,33,34)/t32-/m1/s1. The van der Waals surface area contributed by atoms with E-state index in [0.717, 1.165) is 16.7 Å². The molecule has 4 rings (SSSR count). The molecule has 5 heteroatoms. The summed E-state index contributed by atoms with van der Waals surface area (Å²) in [6, 6.07) is 23.5. The largest absolute Gasteiger partial charge is 0.457 e. The molecule has 1 aliphatic rings. The van der Waals surface area contributed by atoms with Crippen molar-refractivity contribution >= 4 is 11.9 Å². The van der Waals surface area contributed by atoms with E-state index in [0.29, 0.717) is 24.0 Å². The molecule has 1 amide bonds. The van der Waals surface area contributed by atoms with Crippen LogP contribution >= 0.6 is 0 Å². The molecule has 0 saturated heterocycles. The van der Waals surface area contributed by atoms with Crippen LogP contribution in [0.25, 0.3) is 0 Å². The first kappa shape index (κ1) is 26.6. The molecule has 0 radical (unpaired) electrons. The SMILES string of the molecule is CC(C)(C)c1ccc(C[C@](O)(CNC(=O)c2ccc3c(c2)C(=O)OC3)CC(C)(C)c2ccccc2)cc1. The van der Waals surface area contributed by atoms with Crippen molar-refractivity contribution in [2.75, 3.05) is 6.54 Å². The number of nitrogens with one attached hydrogen (secondary N) is 1. The van der Waals surface area contributed by atoms with Crippen LogP contribution in [0.1, 0.15) is 84.0 Å². The summed E-state index contributed by atoms with van der Waals surface area (Å²) in [7, 11) is 0. The third-order valence-corrected chi connectivity index (χ3v) is 7.21. The summed E-state index contributed by atoms with van der Waals surface area (Å²) >= 11 is 0. The van der Waals surface area contributed by atoms with E-state index in [2.05, 4.69) is 76.3 Å². The van der Waals surface area contributed by atoms with Crippen LogP contribution in [0.3, 0.4) is 0 Å². The summed E-state index contributed by atoms with van der Waals surface area (Å²) in [5, 5.41) is 14.9. The van der Waals surface area contributed by atoms with Crippen molar-refractivity contribution in [3.63, 3.8) is 0 Å². The van der Waals surface area contributed by atoms with E-state index < -0.39 is 11.6 Å². The predicted octanol–water partition coefficient (Wildman–Crippen LogP) is 5.73. The highest BCUT2D eigenvalue weighted by atomic mass is 16.5. The Bertz CT molecular complexity index is 1270. The number of aliphatic hydroxyl groups is 1. The molecule has 1 aliphatic heterocycles. The van der Waals surface area contributed by atoms with Gasteiger partial charge in [0.05, 0.1) is 11.2 Å². The van der Waals surface area contributed by atoms with Crippen LogP contribution in [0.4, 0.5) is 0 Å². The zero-order valence-corrected chi connectivity index (χ0v) is 22.4. The number of amides is 1. The Hall–Kier alpha value is -3.44. The van der Waals surface area contributed by atoms with Crippen molar-refractivity contribution in [3.8, 4) is 0 Å².